The summed E-state index contributed by atoms with van der Waals surface area (Å²) in [6, 6.07) is 0. The van der Waals surface area contributed by atoms with E-state index in [4.69, 9.17) is 37.0 Å². The van der Waals surface area contributed by atoms with Crippen LogP contribution in [-0.4, -0.2) is 96.7 Å². The molecule has 5 atom stereocenters. The second-order valence-corrected chi connectivity index (χ2v) is 32.8. The van der Waals surface area contributed by atoms with E-state index in [-0.39, 0.29) is 25.7 Å². The Balaban J connectivity index is 5.22. The van der Waals surface area contributed by atoms with Crippen LogP contribution in [-0.2, 0) is 65.4 Å². The number of aliphatic hydroxyl groups excluding tert-OH is 1. The van der Waals surface area contributed by atoms with E-state index in [1.165, 1.54) is 212 Å². The number of carbonyl (C=O) groups is 4. The molecule has 0 spiro atoms. The Kier molecular flexibility index (Phi) is 68.1. The summed E-state index contributed by atoms with van der Waals surface area (Å²) in [6.07, 6.45) is 57.2. The minimum absolute atomic E-state index is 0.104. The zero-order chi connectivity index (χ0) is 72.3. The van der Waals surface area contributed by atoms with Crippen molar-refractivity contribution < 1.29 is 80.2 Å². The number of phosphoric acid groups is 2. The molecule has 98 heavy (non-hydrogen) atoms. The fourth-order valence-electron chi connectivity index (χ4n) is 12.1. The van der Waals surface area contributed by atoms with E-state index in [0.717, 1.165) is 108 Å². The third-order valence-corrected chi connectivity index (χ3v) is 20.3. The van der Waals surface area contributed by atoms with Gasteiger partial charge < -0.3 is 33.8 Å². The number of carbonyl (C=O) groups excluding carboxylic acids is 4. The van der Waals surface area contributed by atoms with Crippen molar-refractivity contribution in [3.8, 4) is 0 Å². The van der Waals surface area contributed by atoms with Gasteiger partial charge in [-0.15, -0.1) is 0 Å². The van der Waals surface area contributed by atoms with Crippen molar-refractivity contribution in [2.24, 2.45) is 17.8 Å². The van der Waals surface area contributed by atoms with Gasteiger partial charge in [0.05, 0.1) is 26.4 Å². The van der Waals surface area contributed by atoms with Crippen molar-refractivity contribution in [1.29, 1.82) is 0 Å². The first-order chi connectivity index (χ1) is 47.2. The van der Waals surface area contributed by atoms with Gasteiger partial charge in [0.2, 0.25) is 0 Å². The van der Waals surface area contributed by atoms with E-state index in [2.05, 4.69) is 48.5 Å². The molecular formula is C79H154O17P2. The summed E-state index contributed by atoms with van der Waals surface area (Å²) in [5.41, 5.74) is 0. The molecule has 0 saturated heterocycles. The van der Waals surface area contributed by atoms with Crippen LogP contribution in [0.5, 0.6) is 0 Å². The van der Waals surface area contributed by atoms with E-state index in [1.54, 1.807) is 0 Å². The van der Waals surface area contributed by atoms with E-state index in [0.29, 0.717) is 31.6 Å². The fraction of sp³-hybridized carbons (Fsp3) is 0.949. The van der Waals surface area contributed by atoms with Crippen molar-refractivity contribution in [3.63, 3.8) is 0 Å². The summed E-state index contributed by atoms with van der Waals surface area (Å²) < 4.78 is 68.6. The first-order valence-corrected chi connectivity index (χ1v) is 43.8. The Bertz CT molecular complexity index is 1900. The molecule has 0 radical (unpaired) electrons. The van der Waals surface area contributed by atoms with Gasteiger partial charge in [-0.25, -0.2) is 9.13 Å². The van der Waals surface area contributed by atoms with E-state index >= 15 is 0 Å². The molecule has 0 aromatic rings. The summed E-state index contributed by atoms with van der Waals surface area (Å²) in [5.74, 6) is 0.108. The second-order valence-electron chi connectivity index (χ2n) is 29.9. The molecule has 0 aliphatic rings. The first-order valence-electron chi connectivity index (χ1n) is 40.8. The highest BCUT2D eigenvalue weighted by Gasteiger charge is 2.30. The number of hydrogen-bond donors (Lipinski definition) is 3. The van der Waals surface area contributed by atoms with Crippen LogP contribution in [0, 0.1) is 17.8 Å². The first kappa shape index (κ1) is 96.1. The summed E-state index contributed by atoms with van der Waals surface area (Å²) >= 11 is 0. The molecule has 0 saturated carbocycles. The highest BCUT2D eigenvalue weighted by molar-refractivity contribution is 7.47. The van der Waals surface area contributed by atoms with Crippen LogP contribution in [0.4, 0.5) is 0 Å². The number of ether oxygens (including phenoxy) is 4. The van der Waals surface area contributed by atoms with Crippen molar-refractivity contribution >= 4 is 39.5 Å². The largest absolute Gasteiger partial charge is 0.472 e. The average Bonchev–Trinajstić information content (AvgIpc) is 0.934. The maximum atomic E-state index is 13.1. The van der Waals surface area contributed by atoms with Gasteiger partial charge in [0.1, 0.15) is 19.3 Å². The lowest BCUT2D eigenvalue weighted by Crippen LogP contribution is -2.30. The number of rotatable bonds is 77. The highest BCUT2D eigenvalue weighted by Crippen LogP contribution is 2.45. The van der Waals surface area contributed by atoms with Crippen LogP contribution in [0.25, 0.3) is 0 Å². The quantitative estimate of drug-likeness (QED) is 0.0222. The van der Waals surface area contributed by atoms with Gasteiger partial charge in [0.25, 0.3) is 0 Å². The minimum atomic E-state index is -4.96. The van der Waals surface area contributed by atoms with Crippen molar-refractivity contribution in [2.45, 2.75) is 426 Å². The molecule has 0 aromatic carbocycles. The Morgan fingerprint density at radius 2 is 0.469 bits per heavy atom. The zero-order valence-electron chi connectivity index (χ0n) is 64.3. The fourth-order valence-corrected chi connectivity index (χ4v) is 13.7. The predicted molar refractivity (Wildman–Crippen MR) is 400 cm³/mol. The van der Waals surface area contributed by atoms with Gasteiger partial charge in [0, 0.05) is 25.7 Å². The standard InChI is InChI=1S/C79H154O17P2/c1-8-9-10-11-12-13-14-15-16-17-18-22-25-28-33-38-46-53-60-76(81)89-66-74(95-78(83)62-55-48-39-34-29-26-23-20-19-21-24-27-31-36-43-50-57-70(2)3)68-93-97(85,86)91-64-73(80)65-92-98(87,88)94-69-75(67-90-77(82)61-54-47-42-41-45-52-59-72(6)7)96-79(84)63-56-49-40-35-30-32-37-44-51-58-71(4)5/h70-75,80H,8-69H2,1-7H3,(H,85,86)(H,87,88)/t73-,74-,75-/m1/s1. The van der Waals surface area contributed by atoms with Crippen LogP contribution in [0.3, 0.4) is 0 Å². The Labute approximate surface area is 600 Å². The van der Waals surface area contributed by atoms with Crippen molar-refractivity contribution in [2.75, 3.05) is 39.6 Å². The molecule has 0 fully saturated rings. The lowest BCUT2D eigenvalue weighted by atomic mass is 10.0. The van der Waals surface area contributed by atoms with Crippen molar-refractivity contribution in [3.05, 3.63) is 0 Å². The molecule has 0 aliphatic heterocycles. The monoisotopic (exact) mass is 1440 g/mol. The molecule has 582 valence electrons. The summed E-state index contributed by atoms with van der Waals surface area (Å²) in [6.45, 7) is 11.8. The summed E-state index contributed by atoms with van der Waals surface area (Å²) in [4.78, 5) is 72.9. The maximum absolute atomic E-state index is 13.1. The SMILES string of the molecule is CCCCCCCCCCCCCCCCCCCCC(=O)OC[C@H](COP(=O)(O)OC[C@@H](O)COP(=O)(O)OC[C@@H](COC(=O)CCCCCCCCC(C)C)OC(=O)CCCCCCCCCCCC(C)C)OC(=O)CCCCCCCCCCCCCCCCCCC(C)C. The predicted octanol–water partition coefficient (Wildman–Crippen LogP) is 23.4. The van der Waals surface area contributed by atoms with Crippen LogP contribution < -0.4 is 0 Å². The number of unbranched alkanes of at least 4 members (excludes halogenated alkanes) is 45. The van der Waals surface area contributed by atoms with Gasteiger partial charge in [-0.05, 0) is 43.4 Å². The van der Waals surface area contributed by atoms with E-state index in [1.807, 2.05) is 0 Å². The van der Waals surface area contributed by atoms with Gasteiger partial charge in [0.15, 0.2) is 12.2 Å². The summed E-state index contributed by atoms with van der Waals surface area (Å²) in [7, 11) is -9.92. The molecule has 0 aromatic heterocycles. The lowest BCUT2D eigenvalue weighted by Gasteiger charge is -2.21. The van der Waals surface area contributed by atoms with Crippen LogP contribution in [0.2, 0.25) is 0 Å². The molecule has 0 aliphatic carbocycles. The van der Waals surface area contributed by atoms with Gasteiger partial charge >= 0.3 is 39.5 Å². The van der Waals surface area contributed by atoms with Crippen molar-refractivity contribution in [1.82, 2.24) is 0 Å². The second kappa shape index (κ2) is 69.4. The molecule has 0 amide bonds. The molecule has 3 N–H and O–H groups in total. The molecule has 2 unspecified atom stereocenters. The smallest absolute Gasteiger partial charge is 0.462 e. The molecule has 0 heterocycles. The third-order valence-electron chi connectivity index (χ3n) is 18.4. The van der Waals surface area contributed by atoms with E-state index in [9.17, 15) is 43.2 Å². The number of phosphoric ester groups is 2. The van der Waals surface area contributed by atoms with Crippen LogP contribution in [0.15, 0.2) is 0 Å². The Morgan fingerprint density at radius 3 is 0.694 bits per heavy atom. The van der Waals surface area contributed by atoms with E-state index < -0.39 is 97.5 Å². The number of esters is 4. The van der Waals surface area contributed by atoms with Crippen LogP contribution >= 0.6 is 15.6 Å². The molecular weight excluding hydrogens is 1280 g/mol. The third kappa shape index (κ3) is 72.4. The van der Waals surface area contributed by atoms with Gasteiger partial charge in [-0.2, -0.15) is 0 Å². The topological polar surface area (TPSA) is 237 Å². The molecule has 19 heteroatoms. The molecule has 0 bridgehead atoms. The molecule has 17 nitrogen and oxygen atoms in total. The minimum Gasteiger partial charge on any atom is -0.462 e. The van der Waals surface area contributed by atoms with Gasteiger partial charge in [-0.1, -0.05) is 357 Å². The average molecular weight is 1440 g/mol. The zero-order valence-corrected chi connectivity index (χ0v) is 66.0. The van der Waals surface area contributed by atoms with Crippen LogP contribution in [0.1, 0.15) is 408 Å². The normalized spacial score (nSPS) is 14.0. The Hall–Kier alpha value is -1.94. The molecule has 0 rings (SSSR count). The lowest BCUT2D eigenvalue weighted by molar-refractivity contribution is -0.161. The number of hydrogen-bond acceptors (Lipinski definition) is 15. The Morgan fingerprint density at radius 1 is 0.276 bits per heavy atom. The number of aliphatic hydroxyl groups is 1. The summed E-state index contributed by atoms with van der Waals surface area (Å²) in [5, 5.41) is 10.6. The van der Waals surface area contributed by atoms with Gasteiger partial charge in [-0.3, -0.25) is 37.3 Å². The maximum Gasteiger partial charge on any atom is 0.472 e. The highest BCUT2D eigenvalue weighted by atomic mass is 31.2.